The second kappa shape index (κ2) is 8.83. The van der Waals surface area contributed by atoms with E-state index < -0.39 is 11.9 Å². The van der Waals surface area contributed by atoms with E-state index in [1.165, 1.54) is 13.2 Å². The standard InChI is InChI=1S/C28H23F3N6O/c1-17-3-4-24-22(11-17)25(5-7-33-24)37-9-6-19-20(23-15-35(2)34-26(23)28(29,30)31)12-18(13-21(19)27(37)38)14-36-10-8-32-16-36/h3-5,7-8,10-13,15-16H,6,9,14H2,1-2H3. The highest BCUT2D eigenvalue weighted by Crippen LogP contribution is 2.41. The largest absolute Gasteiger partial charge is 0.435 e. The molecule has 0 unspecified atom stereocenters. The zero-order valence-electron chi connectivity index (χ0n) is 20.7. The number of amides is 1. The van der Waals surface area contributed by atoms with Crippen LogP contribution in [0.3, 0.4) is 0 Å². The zero-order valence-corrected chi connectivity index (χ0v) is 20.7. The minimum absolute atomic E-state index is 0.0324. The van der Waals surface area contributed by atoms with E-state index >= 15 is 0 Å². The third-order valence-corrected chi connectivity index (χ3v) is 6.85. The molecule has 7 nitrogen and oxygen atoms in total. The average Bonchev–Trinajstić information content (AvgIpc) is 3.53. The Morgan fingerprint density at radius 1 is 1.03 bits per heavy atom. The van der Waals surface area contributed by atoms with Gasteiger partial charge in [-0.3, -0.25) is 14.5 Å². The van der Waals surface area contributed by atoms with Crippen molar-refractivity contribution in [1.29, 1.82) is 0 Å². The molecule has 0 N–H and O–H groups in total. The molecule has 0 radical (unpaired) electrons. The first kappa shape index (κ1) is 23.9. The number of carbonyl (C=O) groups excluding carboxylic acids is 1. The Hall–Kier alpha value is -4.47. The molecule has 38 heavy (non-hydrogen) atoms. The number of fused-ring (bicyclic) bond motifs is 2. The van der Waals surface area contributed by atoms with Crippen LogP contribution in [0.5, 0.6) is 0 Å². The number of carbonyl (C=O) groups is 1. The summed E-state index contributed by atoms with van der Waals surface area (Å²) in [5.74, 6) is -0.258. The lowest BCUT2D eigenvalue weighted by atomic mass is 9.88. The van der Waals surface area contributed by atoms with Crippen molar-refractivity contribution in [2.24, 2.45) is 7.05 Å². The molecule has 6 rings (SSSR count). The van der Waals surface area contributed by atoms with Gasteiger partial charge in [-0.05, 0) is 60.4 Å². The topological polar surface area (TPSA) is 68.8 Å². The number of benzene rings is 2. The molecular weight excluding hydrogens is 493 g/mol. The van der Waals surface area contributed by atoms with Crippen LogP contribution in [0, 0.1) is 6.92 Å². The van der Waals surface area contributed by atoms with Gasteiger partial charge in [-0.2, -0.15) is 18.3 Å². The van der Waals surface area contributed by atoms with E-state index in [0.29, 0.717) is 41.8 Å². The number of alkyl halides is 3. The van der Waals surface area contributed by atoms with E-state index in [0.717, 1.165) is 26.8 Å². The number of aromatic nitrogens is 5. The maximum absolute atomic E-state index is 14.0. The quantitative estimate of drug-likeness (QED) is 0.320. The molecule has 0 aliphatic carbocycles. The van der Waals surface area contributed by atoms with Crippen LogP contribution in [0.25, 0.3) is 22.0 Å². The highest BCUT2D eigenvalue weighted by molar-refractivity contribution is 6.13. The summed E-state index contributed by atoms with van der Waals surface area (Å²) in [7, 11) is 1.46. The number of hydrogen-bond donors (Lipinski definition) is 0. The Balaban J connectivity index is 1.53. The maximum Gasteiger partial charge on any atom is 0.435 e. The highest BCUT2D eigenvalue weighted by atomic mass is 19.4. The Kier molecular flexibility index (Phi) is 5.55. The summed E-state index contributed by atoms with van der Waals surface area (Å²) in [6.07, 6.45) is 3.82. The van der Waals surface area contributed by atoms with Gasteiger partial charge in [0, 0.05) is 61.4 Å². The van der Waals surface area contributed by atoms with Gasteiger partial charge >= 0.3 is 6.18 Å². The molecule has 0 bridgehead atoms. The molecule has 5 aromatic rings. The monoisotopic (exact) mass is 516 g/mol. The van der Waals surface area contributed by atoms with Crippen LogP contribution < -0.4 is 4.90 Å². The lowest BCUT2D eigenvalue weighted by molar-refractivity contribution is -0.140. The first-order valence-corrected chi connectivity index (χ1v) is 12.1. The number of aryl methyl sites for hydroxylation is 2. The van der Waals surface area contributed by atoms with E-state index in [2.05, 4.69) is 15.1 Å². The van der Waals surface area contributed by atoms with E-state index in [1.54, 1.807) is 42.0 Å². The minimum Gasteiger partial charge on any atom is -0.333 e. The van der Waals surface area contributed by atoms with Crippen molar-refractivity contribution in [2.45, 2.75) is 26.1 Å². The Bertz CT molecular complexity index is 1690. The minimum atomic E-state index is -4.64. The summed E-state index contributed by atoms with van der Waals surface area (Å²) in [5, 5.41) is 4.56. The first-order valence-electron chi connectivity index (χ1n) is 12.1. The van der Waals surface area contributed by atoms with Gasteiger partial charge in [0.15, 0.2) is 5.69 Å². The van der Waals surface area contributed by atoms with Gasteiger partial charge in [0.1, 0.15) is 0 Å². The second-order valence-electron chi connectivity index (χ2n) is 9.52. The summed E-state index contributed by atoms with van der Waals surface area (Å²) in [4.78, 5) is 24.2. The van der Waals surface area contributed by atoms with Crippen molar-refractivity contribution >= 4 is 22.5 Å². The molecule has 0 fully saturated rings. The van der Waals surface area contributed by atoms with Crippen molar-refractivity contribution in [3.8, 4) is 11.1 Å². The normalized spacial score (nSPS) is 13.8. The molecule has 0 saturated heterocycles. The molecule has 1 aliphatic rings. The molecular formula is C28H23F3N6O. The number of anilines is 1. The maximum atomic E-state index is 14.0. The molecule has 0 spiro atoms. The fraction of sp³-hybridized carbons (Fsp3) is 0.214. The number of imidazole rings is 1. The molecule has 192 valence electrons. The van der Waals surface area contributed by atoms with Crippen LogP contribution in [0.2, 0.25) is 0 Å². The second-order valence-corrected chi connectivity index (χ2v) is 9.52. The predicted octanol–water partition coefficient (Wildman–Crippen LogP) is 5.41. The molecule has 4 heterocycles. The fourth-order valence-electron chi connectivity index (χ4n) is 5.19. The summed E-state index contributed by atoms with van der Waals surface area (Å²) >= 11 is 0. The lowest BCUT2D eigenvalue weighted by Gasteiger charge is -2.31. The van der Waals surface area contributed by atoms with Crippen molar-refractivity contribution < 1.29 is 18.0 Å². The molecule has 1 aliphatic heterocycles. The van der Waals surface area contributed by atoms with Gasteiger partial charge in [-0.1, -0.05) is 11.6 Å². The van der Waals surface area contributed by atoms with Crippen LogP contribution in [0.4, 0.5) is 18.9 Å². The van der Waals surface area contributed by atoms with Gasteiger partial charge < -0.3 is 9.47 Å². The molecule has 10 heteroatoms. The third-order valence-electron chi connectivity index (χ3n) is 6.85. The van der Waals surface area contributed by atoms with E-state index in [9.17, 15) is 18.0 Å². The van der Waals surface area contributed by atoms with Gasteiger partial charge in [-0.25, -0.2) is 4.98 Å². The van der Waals surface area contributed by atoms with Crippen molar-refractivity contribution in [2.75, 3.05) is 11.4 Å². The molecule has 2 aromatic carbocycles. The Labute approximate surface area is 216 Å². The van der Waals surface area contributed by atoms with E-state index in [1.807, 2.05) is 35.8 Å². The summed E-state index contributed by atoms with van der Waals surface area (Å²) in [6, 6.07) is 11.2. The average molecular weight is 517 g/mol. The van der Waals surface area contributed by atoms with E-state index in [-0.39, 0.29) is 11.5 Å². The van der Waals surface area contributed by atoms with Gasteiger partial charge in [-0.15, -0.1) is 0 Å². The van der Waals surface area contributed by atoms with Crippen LogP contribution in [-0.4, -0.2) is 36.8 Å². The van der Waals surface area contributed by atoms with Gasteiger partial charge in [0.05, 0.1) is 17.5 Å². The molecule has 3 aromatic heterocycles. The van der Waals surface area contributed by atoms with Gasteiger partial charge in [0.25, 0.3) is 5.91 Å². The van der Waals surface area contributed by atoms with Crippen LogP contribution in [-0.2, 0) is 26.2 Å². The van der Waals surface area contributed by atoms with Crippen LogP contribution >= 0.6 is 0 Å². The number of hydrogen-bond acceptors (Lipinski definition) is 4. The summed E-state index contributed by atoms with van der Waals surface area (Å²) < 4.78 is 44.8. The highest BCUT2D eigenvalue weighted by Gasteiger charge is 2.39. The number of halogens is 3. The molecule has 0 saturated carbocycles. The van der Waals surface area contributed by atoms with Crippen molar-refractivity contribution in [3.63, 3.8) is 0 Å². The van der Waals surface area contributed by atoms with Crippen molar-refractivity contribution in [1.82, 2.24) is 24.3 Å². The summed E-state index contributed by atoms with van der Waals surface area (Å²) in [5.41, 5.74) is 3.59. The fourth-order valence-corrected chi connectivity index (χ4v) is 5.19. The van der Waals surface area contributed by atoms with Crippen LogP contribution in [0.1, 0.15) is 32.7 Å². The number of pyridine rings is 1. The smallest absolute Gasteiger partial charge is 0.333 e. The first-order chi connectivity index (χ1) is 18.2. The number of rotatable bonds is 4. The Morgan fingerprint density at radius 2 is 1.84 bits per heavy atom. The van der Waals surface area contributed by atoms with Crippen LogP contribution in [0.15, 0.2) is 67.5 Å². The van der Waals surface area contributed by atoms with Crippen molar-refractivity contribution in [3.05, 3.63) is 95.5 Å². The number of nitrogens with zero attached hydrogens (tertiary/aromatic N) is 6. The third kappa shape index (κ3) is 4.11. The molecule has 0 atom stereocenters. The van der Waals surface area contributed by atoms with Gasteiger partial charge in [0.2, 0.25) is 0 Å². The predicted molar refractivity (Wildman–Crippen MR) is 137 cm³/mol. The summed E-state index contributed by atoms with van der Waals surface area (Å²) in [6.45, 7) is 2.66. The Morgan fingerprint density at radius 3 is 2.61 bits per heavy atom. The lowest BCUT2D eigenvalue weighted by Crippen LogP contribution is -2.38. The van der Waals surface area contributed by atoms with E-state index in [4.69, 9.17) is 0 Å². The zero-order chi connectivity index (χ0) is 26.6. The SMILES string of the molecule is Cc1ccc2nccc(N3CCc4c(cc(Cn5ccnc5)cc4-c4cn(C)nc4C(F)(F)F)C3=O)c2c1. The molecule has 1 amide bonds.